The second-order valence-corrected chi connectivity index (χ2v) is 23.3. The number of nitrogens with one attached hydrogen (secondary N) is 5. The smallest absolute Gasteiger partial charge is 0.261 e. The Morgan fingerprint density at radius 3 is 1.99 bits per heavy atom. The van der Waals surface area contributed by atoms with Crippen LogP contribution in [0.15, 0.2) is 91.0 Å². The van der Waals surface area contributed by atoms with Crippen LogP contribution in [0.3, 0.4) is 0 Å². The highest BCUT2D eigenvalue weighted by molar-refractivity contribution is 7.90. The van der Waals surface area contributed by atoms with Crippen molar-refractivity contribution in [3.8, 4) is 43.8 Å². The van der Waals surface area contributed by atoms with Crippen molar-refractivity contribution < 1.29 is 92.9 Å². The summed E-state index contributed by atoms with van der Waals surface area (Å²) < 4.78 is 14.8. The maximum Gasteiger partial charge on any atom is 0.261 e. The normalized spacial score (nSPS) is 24.9. The summed E-state index contributed by atoms with van der Waals surface area (Å²) in [6.07, 6.45) is -12.3. The molecule has 0 radical (unpaired) electrons. The molecule has 0 unspecified atom stereocenters. The van der Waals surface area contributed by atoms with E-state index in [2.05, 4.69) is 51.0 Å². The number of aromatic hydroxyl groups is 1. The van der Waals surface area contributed by atoms with Crippen LogP contribution in [0.25, 0.3) is 37.1 Å². The number of carbonyl (C=O) groups is 7. The summed E-state index contributed by atoms with van der Waals surface area (Å²) in [5.74, 6) is -9.65. The maximum atomic E-state index is 14.6. The summed E-state index contributed by atoms with van der Waals surface area (Å²) in [4.78, 5) is 106. The first-order valence-corrected chi connectivity index (χ1v) is 29.9. The summed E-state index contributed by atoms with van der Waals surface area (Å²) in [5, 5.41) is 112. The van der Waals surface area contributed by atoms with Crippen molar-refractivity contribution in [1.82, 2.24) is 46.6 Å². The molecule has 0 bridgehead atoms. The highest BCUT2D eigenvalue weighted by atomic mass is 32.2. The van der Waals surface area contributed by atoms with Gasteiger partial charge in [-0.1, -0.05) is 94.4 Å². The Hall–Kier alpha value is -8.23. The predicted molar refractivity (Wildman–Crippen MR) is 319 cm³/mol. The number of aromatic nitrogens is 2. The molecule has 8 rings (SSSR count). The van der Waals surface area contributed by atoms with Crippen LogP contribution in [0.2, 0.25) is 0 Å². The molecule has 4 aromatic carbocycles. The molecular weight excluding hydrogens is 1220 g/mol. The van der Waals surface area contributed by atoms with Crippen molar-refractivity contribution in [3.63, 3.8) is 0 Å². The van der Waals surface area contributed by atoms with E-state index in [1.807, 2.05) is 55.5 Å². The summed E-state index contributed by atoms with van der Waals surface area (Å²) in [6, 6.07) is 14.1. The number of benzene rings is 4. The molecule has 29 nitrogen and oxygen atoms in total. The Labute approximate surface area is 523 Å². The number of phenolic OH excluding ortho intramolecular Hbond substituents is 1. The van der Waals surface area contributed by atoms with Gasteiger partial charge in [0, 0.05) is 68.1 Å². The summed E-state index contributed by atoms with van der Waals surface area (Å²) in [6.45, 7) is 10.7. The Balaban J connectivity index is 1.06. The second-order valence-electron chi connectivity index (χ2n) is 21.8. The zero-order valence-electron chi connectivity index (χ0n) is 48.7. The van der Waals surface area contributed by atoms with Gasteiger partial charge in [-0.2, -0.15) is 0 Å². The zero-order chi connectivity index (χ0) is 64.9. The van der Waals surface area contributed by atoms with Gasteiger partial charge in [-0.25, -0.2) is 11.8 Å². The minimum atomic E-state index is -2.15. The fourth-order valence-corrected chi connectivity index (χ4v) is 11.7. The Morgan fingerprint density at radius 2 is 1.36 bits per heavy atom. The largest absolute Gasteiger partial charge is 0.504 e. The molecule has 3 fully saturated rings. The summed E-state index contributed by atoms with van der Waals surface area (Å²) in [5.41, 5.74) is 4.61. The van der Waals surface area contributed by atoms with E-state index in [0.717, 1.165) is 51.1 Å². The number of aliphatic hydroxyl groups is 6. The molecule has 5 aromatic rings. The van der Waals surface area contributed by atoms with Gasteiger partial charge in [0.05, 0.1) is 37.1 Å². The monoisotopic (exact) mass is 1280 g/mol. The second kappa shape index (κ2) is 31.0. The average molecular weight is 1290 g/mol. The van der Waals surface area contributed by atoms with E-state index in [1.165, 1.54) is 36.5 Å². The fraction of sp³-hybridized carbons (Fsp3) is 0.424. The van der Waals surface area contributed by atoms with Gasteiger partial charge in [-0.3, -0.25) is 33.6 Å². The van der Waals surface area contributed by atoms with Gasteiger partial charge in [-0.05, 0) is 60.4 Å². The van der Waals surface area contributed by atoms with Crippen LogP contribution in [0, 0.1) is 12.5 Å². The molecule has 13 N–H and O–H groups in total. The van der Waals surface area contributed by atoms with Crippen LogP contribution < -0.4 is 30.8 Å². The van der Waals surface area contributed by atoms with Crippen LogP contribution in [0.5, 0.6) is 11.5 Å². The molecule has 3 saturated heterocycles. The lowest BCUT2D eigenvalue weighted by atomic mass is 9.99. The lowest BCUT2D eigenvalue weighted by molar-refractivity contribution is -0.433. The number of hydrogen-bond donors (Lipinski definition) is 13. The number of rotatable bonds is 18. The molecular formula is C59H68N10O19S2. The van der Waals surface area contributed by atoms with Crippen LogP contribution in [-0.4, -0.2) is 208 Å². The van der Waals surface area contributed by atoms with Gasteiger partial charge in [0.25, 0.3) is 18.2 Å². The molecule has 7 amide bonds. The van der Waals surface area contributed by atoms with Gasteiger partial charge >= 0.3 is 0 Å². The topological polar surface area (TPSA) is 415 Å². The molecule has 90 heavy (non-hydrogen) atoms. The number of carbonyl (C=O) groups excluding carboxylic acids is 7. The molecule has 13 atom stereocenters. The van der Waals surface area contributed by atoms with Crippen molar-refractivity contribution >= 4 is 65.0 Å². The fourth-order valence-electron chi connectivity index (χ4n) is 10.6. The third-order valence-electron chi connectivity index (χ3n) is 15.4. The van der Waals surface area contributed by atoms with Crippen molar-refractivity contribution in [2.24, 2.45) is 5.92 Å². The lowest BCUT2D eigenvalue weighted by Gasteiger charge is -2.33. The number of amides is 7. The van der Waals surface area contributed by atoms with E-state index in [-0.39, 0.29) is 35.7 Å². The third kappa shape index (κ3) is 16.6. The van der Waals surface area contributed by atoms with Crippen LogP contribution >= 0.6 is 23.7 Å². The predicted octanol–water partition coefficient (Wildman–Crippen LogP) is 0.0122. The number of nitrogens with zero attached hydrogens (tertiary/aromatic N) is 5. The van der Waals surface area contributed by atoms with E-state index >= 15 is 0 Å². The lowest BCUT2D eigenvalue weighted by Crippen LogP contribution is -2.64. The Morgan fingerprint density at radius 1 is 0.756 bits per heavy atom. The molecule has 1 aromatic heterocycles. The highest BCUT2D eigenvalue weighted by Crippen LogP contribution is 2.34. The quantitative estimate of drug-likeness (QED) is 0.0181. The molecule has 3 aliphatic heterocycles. The average Bonchev–Trinajstić information content (AvgIpc) is 2.08. The molecule has 0 aliphatic carbocycles. The first kappa shape index (κ1) is 67.7. The Bertz CT molecular complexity index is 3390. The molecule has 0 saturated carbocycles. The van der Waals surface area contributed by atoms with Crippen molar-refractivity contribution in [2.45, 2.75) is 120 Å². The number of phenols is 1. The third-order valence-corrected chi connectivity index (χ3v) is 16.8. The minimum Gasteiger partial charge on any atom is -0.504 e. The number of β-amino-alcohol motifs (C(OH)–C–C–N with tert-alkyl or cyclic N) is 1. The molecule has 3 aliphatic rings. The maximum absolute atomic E-state index is 14.6. The van der Waals surface area contributed by atoms with Gasteiger partial charge < -0.3 is 85.9 Å². The molecule has 4 heterocycles. The standard InChI is InChI=1S/C59H68N10O19S2/c1-5-85-28-31-6-9-33(10-7-31)34-11-15-36(16-12-34)56-66-67-57(89-56)37-17-13-35(14-18-37)51(77)62-40-22-38(71)24-61-55(81)49-50(76)29(2)26-69(49)59(83)48(44(75)25-60-4)65-54(80)47(43(74)20-32-8-19-42(73)45(21-32)86-90-88-87-84)64-53(79)41-23-39(72)27-68(41)58(82)46(30(3)70)63-52(40)78/h6-19,21,29-30,38-41,43-44,46-50,70-76,84H,5,20,22-28H2,1-3H3,(H,61,81)(H,62,77)(H,63,78)(H,64,79)(H,65,80)/t29-,30+,38+,39+,40+,41+,43-,44-,46+,47+,48+,49+,50+/m1/s1. The van der Waals surface area contributed by atoms with Gasteiger partial charge in [0.1, 0.15) is 46.3 Å². The van der Waals surface area contributed by atoms with E-state index in [0.29, 0.717) is 28.8 Å². The van der Waals surface area contributed by atoms with Gasteiger partial charge in [0.2, 0.25) is 42.0 Å². The van der Waals surface area contributed by atoms with Crippen molar-refractivity contribution in [1.29, 1.82) is 0 Å². The Kier molecular flexibility index (Phi) is 23.3. The number of hydrogen-bond acceptors (Lipinski definition) is 23. The number of ether oxygens (including phenoxy) is 1. The van der Waals surface area contributed by atoms with E-state index in [4.69, 9.17) is 20.7 Å². The van der Waals surface area contributed by atoms with E-state index in [9.17, 15) is 69.3 Å². The molecule has 31 heteroatoms. The number of aliphatic hydroxyl groups excluding tert-OH is 6. The van der Waals surface area contributed by atoms with Crippen LogP contribution in [-0.2, 0) is 55.9 Å². The van der Waals surface area contributed by atoms with Gasteiger partial charge in [-0.15, -0.1) is 10.2 Å². The SMILES string of the molecule is [C-]#[N+]C[C@@H](O)[C@@H]1NC(=O)[C@H]([C@H](O)Cc2ccc(O)c(OSOOO)c2)NC(=O)[C@@H]2C[C@H](O)CN2C(=O)[C@H]([C@H](C)O)NC(=O)[C@@H](NC(=O)c2ccc(-c3nnc(-c4ccc(-c5ccc(COCC)cc5)cc4)s3)cc2)C[C@H](O)CNC(=O)[C@@H]2[C@@H](O)[C@H](C)CN2C1=O. The van der Waals surface area contributed by atoms with Crippen LogP contribution in [0.1, 0.15) is 55.1 Å². The van der Waals surface area contributed by atoms with E-state index < -0.39 is 165 Å². The van der Waals surface area contributed by atoms with Gasteiger partial charge in [0.15, 0.2) is 17.6 Å². The minimum absolute atomic E-state index is 0.0112. The van der Waals surface area contributed by atoms with Crippen molar-refractivity contribution in [2.75, 3.05) is 32.8 Å². The molecule has 480 valence electrons. The molecule has 0 spiro atoms. The zero-order valence-corrected chi connectivity index (χ0v) is 50.3. The first-order valence-electron chi connectivity index (χ1n) is 28.5. The number of fused-ring (bicyclic) bond motifs is 2. The summed E-state index contributed by atoms with van der Waals surface area (Å²) >= 11 is 1.37. The first-order chi connectivity index (χ1) is 43.1. The summed E-state index contributed by atoms with van der Waals surface area (Å²) in [7, 11) is 0. The van der Waals surface area contributed by atoms with Crippen molar-refractivity contribution in [3.05, 3.63) is 119 Å². The van der Waals surface area contributed by atoms with E-state index in [1.54, 1.807) is 12.1 Å². The highest BCUT2D eigenvalue weighted by Gasteiger charge is 2.50. The van der Waals surface area contributed by atoms with Crippen LogP contribution in [0.4, 0.5) is 0 Å².